The zero-order valence-electron chi connectivity index (χ0n) is 17.9. The fourth-order valence-electron chi connectivity index (χ4n) is 4.37. The summed E-state index contributed by atoms with van der Waals surface area (Å²) in [7, 11) is 0. The second kappa shape index (κ2) is 8.85. The van der Waals surface area contributed by atoms with Gasteiger partial charge in [-0.2, -0.15) is 0 Å². The first kappa shape index (κ1) is 21.8. The molecular weight excluding hydrogens is 384 g/mol. The summed E-state index contributed by atoms with van der Waals surface area (Å²) >= 11 is 0. The number of imide groups is 1. The van der Waals surface area contributed by atoms with Gasteiger partial charge in [-0.1, -0.05) is 19.8 Å². The molecule has 0 aromatic heterocycles. The van der Waals surface area contributed by atoms with Crippen molar-refractivity contribution in [2.75, 3.05) is 25.0 Å². The number of amides is 5. The molecule has 2 N–H and O–H groups in total. The van der Waals surface area contributed by atoms with Crippen molar-refractivity contribution in [2.24, 2.45) is 5.92 Å². The number of nitrogens with one attached hydrogen (secondary N) is 2. The van der Waals surface area contributed by atoms with Crippen LogP contribution in [0.3, 0.4) is 0 Å². The first-order chi connectivity index (χ1) is 14.3. The van der Waals surface area contributed by atoms with E-state index >= 15 is 0 Å². The van der Waals surface area contributed by atoms with E-state index in [1.165, 1.54) is 0 Å². The molecule has 1 spiro atoms. The molecule has 1 saturated heterocycles. The Morgan fingerprint density at radius 2 is 1.83 bits per heavy atom. The maximum absolute atomic E-state index is 13.0. The van der Waals surface area contributed by atoms with Crippen LogP contribution in [0.25, 0.3) is 0 Å². The summed E-state index contributed by atoms with van der Waals surface area (Å²) in [6.07, 6.45) is 3.41. The van der Waals surface area contributed by atoms with Crippen molar-refractivity contribution in [3.63, 3.8) is 0 Å². The highest BCUT2D eigenvalue weighted by molar-refractivity contribution is 6.10. The van der Waals surface area contributed by atoms with Crippen LogP contribution in [0.2, 0.25) is 0 Å². The second-order valence-electron chi connectivity index (χ2n) is 8.04. The van der Waals surface area contributed by atoms with Crippen molar-refractivity contribution in [3.8, 4) is 0 Å². The van der Waals surface area contributed by atoms with E-state index in [1.807, 2.05) is 20.8 Å². The lowest BCUT2D eigenvalue weighted by atomic mass is 9.73. The molecule has 0 radical (unpaired) electrons. The number of benzene rings is 1. The SMILES string of the molecule is CCN(CC)C(=O)c1ccc(NC(=O)CN2C(=O)N[C@@]3(CCCC[C@@H]3C)C2=O)cc1. The van der Waals surface area contributed by atoms with Crippen LogP contribution < -0.4 is 10.6 Å². The lowest BCUT2D eigenvalue weighted by Crippen LogP contribution is -2.54. The normalized spacial score (nSPS) is 23.4. The van der Waals surface area contributed by atoms with Gasteiger partial charge in [-0.3, -0.25) is 19.3 Å². The predicted octanol–water partition coefficient (Wildman–Crippen LogP) is 2.61. The molecule has 1 aliphatic carbocycles. The molecule has 3 rings (SSSR count). The smallest absolute Gasteiger partial charge is 0.325 e. The molecule has 0 unspecified atom stereocenters. The van der Waals surface area contributed by atoms with Gasteiger partial charge < -0.3 is 15.5 Å². The third kappa shape index (κ3) is 4.04. The summed E-state index contributed by atoms with van der Waals surface area (Å²) < 4.78 is 0. The summed E-state index contributed by atoms with van der Waals surface area (Å²) in [6, 6.07) is 6.09. The average Bonchev–Trinajstić information content (AvgIpc) is 2.96. The largest absolute Gasteiger partial charge is 0.339 e. The van der Waals surface area contributed by atoms with Crippen LogP contribution >= 0.6 is 0 Å². The topological polar surface area (TPSA) is 98.8 Å². The van der Waals surface area contributed by atoms with E-state index in [-0.39, 0.29) is 24.3 Å². The Kier molecular flexibility index (Phi) is 6.43. The summed E-state index contributed by atoms with van der Waals surface area (Å²) in [4.78, 5) is 52.9. The fraction of sp³-hybridized carbons (Fsp3) is 0.545. The van der Waals surface area contributed by atoms with Gasteiger partial charge in [-0.15, -0.1) is 0 Å². The van der Waals surface area contributed by atoms with E-state index in [0.717, 1.165) is 24.2 Å². The number of rotatable bonds is 6. The van der Waals surface area contributed by atoms with Crippen molar-refractivity contribution in [1.29, 1.82) is 0 Å². The third-order valence-corrected chi connectivity index (χ3v) is 6.27. The number of urea groups is 1. The van der Waals surface area contributed by atoms with E-state index < -0.39 is 17.5 Å². The maximum atomic E-state index is 13.0. The Labute approximate surface area is 177 Å². The molecule has 0 bridgehead atoms. The third-order valence-electron chi connectivity index (χ3n) is 6.27. The molecule has 2 atom stereocenters. The molecular formula is C22H30N4O4. The average molecular weight is 415 g/mol. The molecule has 1 heterocycles. The Morgan fingerprint density at radius 1 is 1.17 bits per heavy atom. The summed E-state index contributed by atoms with van der Waals surface area (Å²) in [6.45, 7) is 6.73. The molecule has 1 aromatic rings. The van der Waals surface area contributed by atoms with E-state index in [2.05, 4.69) is 10.6 Å². The minimum atomic E-state index is -0.873. The van der Waals surface area contributed by atoms with Crippen LogP contribution in [-0.2, 0) is 9.59 Å². The highest BCUT2D eigenvalue weighted by atomic mass is 16.2. The zero-order chi connectivity index (χ0) is 21.9. The number of carbonyl (C=O) groups excluding carboxylic acids is 4. The van der Waals surface area contributed by atoms with E-state index in [4.69, 9.17) is 0 Å². The van der Waals surface area contributed by atoms with Crippen molar-refractivity contribution in [2.45, 2.75) is 52.0 Å². The maximum Gasteiger partial charge on any atom is 0.325 e. The van der Waals surface area contributed by atoms with Gasteiger partial charge in [-0.25, -0.2) is 4.79 Å². The van der Waals surface area contributed by atoms with E-state index in [1.54, 1.807) is 29.2 Å². The molecule has 1 aliphatic heterocycles. The van der Waals surface area contributed by atoms with Gasteiger partial charge in [0.05, 0.1) is 0 Å². The van der Waals surface area contributed by atoms with Gasteiger partial charge in [-0.05, 0) is 56.9 Å². The number of anilines is 1. The molecule has 8 nitrogen and oxygen atoms in total. The molecule has 2 aliphatic rings. The van der Waals surface area contributed by atoms with Crippen LogP contribution in [0.5, 0.6) is 0 Å². The van der Waals surface area contributed by atoms with Gasteiger partial charge in [0.2, 0.25) is 5.91 Å². The molecule has 30 heavy (non-hydrogen) atoms. The van der Waals surface area contributed by atoms with Crippen molar-refractivity contribution in [3.05, 3.63) is 29.8 Å². The van der Waals surface area contributed by atoms with Crippen molar-refractivity contribution < 1.29 is 19.2 Å². The Balaban J connectivity index is 1.62. The van der Waals surface area contributed by atoms with Crippen LogP contribution in [-0.4, -0.2) is 58.7 Å². The van der Waals surface area contributed by atoms with Gasteiger partial charge in [0.1, 0.15) is 12.1 Å². The number of hydrogen-bond acceptors (Lipinski definition) is 4. The summed E-state index contributed by atoms with van der Waals surface area (Å²) in [5.41, 5.74) is 0.171. The molecule has 2 fully saturated rings. The van der Waals surface area contributed by atoms with Crippen LogP contribution in [0, 0.1) is 5.92 Å². The monoisotopic (exact) mass is 414 g/mol. The zero-order valence-corrected chi connectivity index (χ0v) is 17.9. The van der Waals surface area contributed by atoms with Crippen LogP contribution in [0.1, 0.15) is 56.8 Å². The van der Waals surface area contributed by atoms with Crippen molar-refractivity contribution >= 4 is 29.4 Å². The van der Waals surface area contributed by atoms with Gasteiger partial charge in [0.25, 0.3) is 11.8 Å². The lowest BCUT2D eigenvalue weighted by molar-refractivity contribution is -0.136. The molecule has 1 saturated carbocycles. The number of nitrogens with zero attached hydrogens (tertiary/aromatic N) is 2. The molecule has 5 amide bonds. The van der Waals surface area contributed by atoms with Crippen LogP contribution in [0.15, 0.2) is 24.3 Å². The van der Waals surface area contributed by atoms with Crippen LogP contribution in [0.4, 0.5) is 10.5 Å². The van der Waals surface area contributed by atoms with Gasteiger partial charge >= 0.3 is 6.03 Å². The molecule has 8 heteroatoms. The lowest BCUT2D eigenvalue weighted by Gasteiger charge is -2.36. The first-order valence-corrected chi connectivity index (χ1v) is 10.7. The summed E-state index contributed by atoms with van der Waals surface area (Å²) in [5.74, 6) is -0.785. The Hall–Kier alpha value is -2.90. The van der Waals surface area contributed by atoms with Crippen molar-refractivity contribution in [1.82, 2.24) is 15.1 Å². The fourth-order valence-corrected chi connectivity index (χ4v) is 4.37. The van der Waals surface area contributed by atoms with E-state index in [0.29, 0.717) is 30.8 Å². The number of carbonyl (C=O) groups is 4. The minimum Gasteiger partial charge on any atom is -0.339 e. The standard InChI is InChI=1S/C22H30N4O4/c1-4-25(5-2)19(28)16-9-11-17(12-10-16)23-18(27)14-26-20(29)22(24-21(26)30)13-7-6-8-15(22)3/h9-12,15H,4-8,13-14H2,1-3H3,(H,23,27)(H,24,30)/t15-,22+/m0/s1. The van der Waals surface area contributed by atoms with E-state index in [9.17, 15) is 19.2 Å². The highest BCUT2D eigenvalue weighted by Crippen LogP contribution is 2.38. The Bertz CT molecular complexity index is 834. The number of hydrogen-bond donors (Lipinski definition) is 2. The Morgan fingerprint density at radius 3 is 2.43 bits per heavy atom. The van der Waals surface area contributed by atoms with Gasteiger partial charge in [0.15, 0.2) is 0 Å². The second-order valence-corrected chi connectivity index (χ2v) is 8.04. The summed E-state index contributed by atoms with van der Waals surface area (Å²) in [5, 5.41) is 5.54. The molecule has 1 aromatic carbocycles. The predicted molar refractivity (Wildman–Crippen MR) is 113 cm³/mol. The minimum absolute atomic E-state index is 0.0478. The first-order valence-electron chi connectivity index (χ1n) is 10.7. The quantitative estimate of drug-likeness (QED) is 0.699. The highest BCUT2D eigenvalue weighted by Gasteiger charge is 2.55. The molecule has 162 valence electrons. The van der Waals surface area contributed by atoms with Gasteiger partial charge in [0, 0.05) is 24.3 Å².